The lowest BCUT2D eigenvalue weighted by Crippen LogP contribution is -2.24. The molecule has 3 aliphatic rings. The van der Waals surface area contributed by atoms with Gasteiger partial charge in [-0.3, -0.25) is 9.48 Å². The molecule has 2 heterocycles. The lowest BCUT2D eigenvalue weighted by atomic mass is 9.79. The van der Waals surface area contributed by atoms with E-state index in [1.165, 1.54) is 30.1 Å². The molecule has 1 atom stereocenters. The average Bonchev–Trinajstić information content (AvgIpc) is 3.55. The zero-order chi connectivity index (χ0) is 22.9. The lowest BCUT2D eigenvalue weighted by molar-refractivity contribution is -0.138. The molecular weight excluding hydrogens is 451 g/mol. The third-order valence-corrected chi connectivity index (χ3v) is 7.57. The van der Waals surface area contributed by atoms with Crippen molar-refractivity contribution in [1.29, 1.82) is 0 Å². The first-order chi connectivity index (χ1) is 15.1. The Morgan fingerprint density at radius 3 is 2.56 bits per heavy atom. The van der Waals surface area contributed by atoms with Crippen molar-refractivity contribution in [1.82, 2.24) is 14.8 Å². The van der Waals surface area contributed by atoms with Crippen LogP contribution in [0.4, 0.5) is 27.6 Å². The second-order valence-corrected chi connectivity index (χ2v) is 9.62. The van der Waals surface area contributed by atoms with Crippen LogP contribution in [0, 0.1) is 11.3 Å². The molecule has 3 aliphatic carbocycles. The summed E-state index contributed by atoms with van der Waals surface area (Å²) in [6, 6.07) is 3.00. The fourth-order valence-electron chi connectivity index (χ4n) is 4.85. The molecule has 3 saturated carbocycles. The summed E-state index contributed by atoms with van der Waals surface area (Å²) in [5.74, 6) is -5.46. The normalized spacial score (nSPS) is 23.1. The Morgan fingerprint density at radius 2 is 2.03 bits per heavy atom. The van der Waals surface area contributed by atoms with Gasteiger partial charge in [0.15, 0.2) is 0 Å². The minimum absolute atomic E-state index is 0.214. The van der Waals surface area contributed by atoms with Gasteiger partial charge in [0.25, 0.3) is 11.8 Å². The molecule has 1 N–H and O–H groups in total. The second-order valence-electron chi connectivity index (χ2n) is 8.79. The molecule has 0 aromatic carbocycles. The van der Waals surface area contributed by atoms with Gasteiger partial charge in [-0.25, -0.2) is 13.8 Å². The van der Waals surface area contributed by atoms with Gasteiger partial charge in [0.2, 0.25) is 0 Å². The summed E-state index contributed by atoms with van der Waals surface area (Å²) in [4.78, 5) is 17.2. The molecule has 1 spiro atoms. The first-order valence-electron chi connectivity index (χ1n) is 10.5. The Labute approximate surface area is 185 Å². The Hall–Kier alpha value is -2.17. The van der Waals surface area contributed by atoms with Crippen molar-refractivity contribution >= 4 is 23.4 Å². The molecule has 0 saturated heterocycles. The Balaban J connectivity index is 1.53. The van der Waals surface area contributed by atoms with E-state index >= 15 is 0 Å². The summed E-state index contributed by atoms with van der Waals surface area (Å²) in [6.45, 7) is -0.405. The van der Waals surface area contributed by atoms with Crippen LogP contribution in [-0.4, -0.2) is 32.8 Å². The Morgan fingerprint density at radius 1 is 1.31 bits per heavy atom. The van der Waals surface area contributed by atoms with Gasteiger partial charge in [0, 0.05) is 23.2 Å². The van der Waals surface area contributed by atoms with Crippen LogP contribution in [0.3, 0.4) is 0 Å². The SMILES string of the molecule is CSc1cc(NC(=O)c2c(C(F)(F)F)c(C3CC3)nn2CC2C(F)(F)C23CCC3)ccn1. The number of halogens is 5. The van der Waals surface area contributed by atoms with Crippen LogP contribution < -0.4 is 5.32 Å². The van der Waals surface area contributed by atoms with E-state index in [1.54, 1.807) is 6.26 Å². The maximum Gasteiger partial charge on any atom is 0.420 e. The monoisotopic (exact) mass is 472 g/mol. The predicted molar refractivity (Wildman–Crippen MR) is 108 cm³/mol. The van der Waals surface area contributed by atoms with Crippen molar-refractivity contribution in [3.05, 3.63) is 35.3 Å². The van der Waals surface area contributed by atoms with E-state index in [0.29, 0.717) is 37.1 Å². The summed E-state index contributed by atoms with van der Waals surface area (Å²) < 4.78 is 72.1. The minimum Gasteiger partial charge on any atom is -0.321 e. The molecule has 172 valence electrons. The van der Waals surface area contributed by atoms with E-state index in [1.807, 2.05) is 0 Å². The number of nitrogens with zero attached hydrogens (tertiary/aromatic N) is 3. The van der Waals surface area contributed by atoms with Crippen molar-refractivity contribution in [2.75, 3.05) is 11.6 Å². The van der Waals surface area contributed by atoms with Gasteiger partial charge < -0.3 is 5.32 Å². The largest absolute Gasteiger partial charge is 0.420 e. The van der Waals surface area contributed by atoms with Gasteiger partial charge in [0.1, 0.15) is 11.3 Å². The topological polar surface area (TPSA) is 59.8 Å². The van der Waals surface area contributed by atoms with Crippen molar-refractivity contribution in [2.24, 2.45) is 11.3 Å². The molecule has 11 heteroatoms. The standard InChI is InChI=1S/C21H21F5N4OS/c1-32-14-9-12(5-8-27-14)28-18(31)17-15(21(24,25)26)16(11-3-4-11)29-30(17)10-13-19(6-2-7-19)20(13,22)23/h5,8-9,11,13H,2-4,6-7,10H2,1H3,(H,27,28,31). The molecule has 0 bridgehead atoms. The minimum atomic E-state index is -4.83. The second kappa shape index (κ2) is 7.16. The molecular formula is C21H21F5N4OS. The summed E-state index contributed by atoms with van der Waals surface area (Å²) >= 11 is 1.31. The maximum atomic E-state index is 14.5. The number of pyridine rings is 1. The van der Waals surface area contributed by atoms with Crippen LogP contribution >= 0.6 is 11.8 Å². The third kappa shape index (κ3) is 3.31. The number of hydrogen-bond acceptors (Lipinski definition) is 4. The number of aromatic nitrogens is 3. The van der Waals surface area contributed by atoms with Gasteiger partial charge in [-0.1, -0.05) is 6.42 Å². The molecule has 2 aromatic rings. The fraction of sp³-hybridized carbons (Fsp3) is 0.571. The van der Waals surface area contributed by atoms with E-state index in [2.05, 4.69) is 15.4 Å². The van der Waals surface area contributed by atoms with Crippen molar-refractivity contribution in [2.45, 2.75) is 61.7 Å². The number of carbonyl (C=O) groups excluding carboxylic acids is 1. The van der Waals surface area contributed by atoms with Crippen LogP contribution in [0.1, 0.15) is 59.8 Å². The summed E-state index contributed by atoms with van der Waals surface area (Å²) in [6.07, 6.45) is 0.833. The molecule has 2 aromatic heterocycles. The van der Waals surface area contributed by atoms with Gasteiger partial charge in [-0.05, 0) is 44.1 Å². The van der Waals surface area contributed by atoms with E-state index in [-0.39, 0.29) is 11.4 Å². The zero-order valence-electron chi connectivity index (χ0n) is 17.2. The highest BCUT2D eigenvalue weighted by Gasteiger charge is 2.81. The fourth-order valence-corrected chi connectivity index (χ4v) is 5.26. The number of hydrogen-bond donors (Lipinski definition) is 1. The van der Waals surface area contributed by atoms with E-state index in [9.17, 15) is 26.7 Å². The van der Waals surface area contributed by atoms with Crippen LogP contribution in [0.5, 0.6) is 0 Å². The molecule has 0 radical (unpaired) electrons. The van der Waals surface area contributed by atoms with E-state index in [0.717, 1.165) is 4.68 Å². The van der Waals surface area contributed by atoms with Gasteiger partial charge in [-0.2, -0.15) is 18.3 Å². The van der Waals surface area contributed by atoms with E-state index in [4.69, 9.17) is 0 Å². The quantitative estimate of drug-likeness (QED) is 0.440. The lowest BCUT2D eigenvalue weighted by Gasteiger charge is -2.26. The molecule has 0 aliphatic heterocycles. The maximum absolute atomic E-state index is 14.5. The summed E-state index contributed by atoms with van der Waals surface area (Å²) in [5, 5.41) is 7.15. The van der Waals surface area contributed by atoms with Gasteiger partial charge in [-0.15, -0.1) is 11.8 Å². The number of alkyl halides is 5. The van der Waals surface area contributed by atoms with Crippen LogP contribution in [0.2, 0.25) is 0 Å². The zero-order valence-corrected chi connectivity index (χ0v) is 18.0. The first-order valence-corrected chi connectivity index (χ1v) is 11.7. The number of carbonyl (C=O) groups is 1. The highest BCUT2D eigenvalue weighted by molar-refractivity contribution is 7.98. The molecule has 5 nitrogen and oxygen atoms in total. The Bertz CT molecular complexity index is 1070. The summed E-state index contributed by atoms with van der Waals surface area (Å²) in [5.41, 5.74) is -2.89. The molecule has 1 amide bonds. The van der Waals surface area contributed by atoms with Crippen molar-refractivity contribution in [3.63, 3.8) is 0 Å². The van der Waals surface area contributed by atoms with Gasteiger partial charge in [0.05, 0.1) is 23.2 Å². The molecule has 32 heavy (non-hydrogen) atoms. The molecule has 5 rings (SSSR count). The molecule has 1 unspecified atom stereocenters. The first kappa shape index (κ1) is 21.7. The number of thioether (sulfide) groups is 1. The number of nitrogens with one attached hydrogen (secondary N) is 1. The number of anilines is 1. The third-order valence-electron chi connectivity index (χ3n) is 6.93. The van der Waals surface area contributed by atoms with Crippen molar-refractivity contribution in [3.8, 4) is 0 Å². The number of rotatable bonds is 6. The number of amides is 1. The van der Waals surface area contributed by atoms with Crippen molar-refractivity contribution < 1.29 is 26.7 Å². The van der Waals surface area contributed by atoms with Crippen LogP contribution in [0.15, 0.2) is 23.4 Å². The van der Waals surface area contributed by atoms with Crippen LogP contribution in [0.25, 0.3) is 0 Å². The Kier molecular flexibility index (Phi) is 4.85. The molecule has 3 fully saturated rings. The smallest absolute Gasteiger partial charge is 0.321 e. The van der Waals surface area contributed by atoms with Gasteiger partial charge >= 0.3 is 6.18 Å². The average molecular weight is 472 g/mol. The highest BCUT2D eigenvalue weighted by atomic mass is 32.2. The highest BCUT2D eigenvalue weighted by Crippen LogP contribution is 2.75. The van der Waals surface area contributed by atoms with E-state index < -0.39 is 53.1 Å². The van der Waals surface area contributed by atoms with Crippen LogP contribution in [-0.2, 0) is 12.7 Å². The predicted octanol–water partition coefficient (Wildman–Crippen LogP) is 5.58. The summed E-state index contributed by atoms with van der Waals surface area (Å²) in [7, 11) is 0.